The van der Waals surface area contributed by atoms with Crippen molar-refractivity contribution >= 4 is 15.9 Å². The maximum atomic E-state index is 12.2. The van der Waals surface area contributed by atoms with Gasteiger partial charge in [-0.3, -0.25) is 4.79 Å². The van der Waals surface area contributed by atoms with Crippen molar-refractivity contribution in [3.8, 4) is 0 Å². The molecule has 1 saturated heterocycles. The Bertz CT molecular complexity index is 572. The molecule has 1 atom stereocenters. The largest absolute Gasteiger partial charge is 0.354 e. The highest BCUT2D eigenvalue weighted by molar-refractivity contribution is 7.88. The Kier molecular flexibility index (Phi) is 5.36. The molecular weight excluding hydrogens is 288 g/mol. The molecule has 1 aliphatic rings. The van der Waals surface area contributed by atoms with Crippen LogP contribution in [0.1, 0.15) is 24.8 Å². The zero-order chi connectivity index (χ0) is 15.3. The molecule has 1 N–H and O–H groups in total. The summed E-state index contributed by atoms with van der Waals surface area (Å²) in [5.41, 5.74) is 1.15. The minimum Gasteiger partial charge on any atom is -0.354 e. The number of piperidine rings is 1. The predicted octanol–water partition coefficient (Wildman–Crippen LogP) is 1.16. The van der Waals surface area contributed by atoms with Gasteiger partial charge in [0.1, 0.15) is 6.04 Å². The van der Waals surface area contributed by atoms with E-state index in [1.807, 2.05) is 30.3 Å². The third-order valence-electron chi connectivity index (χ3n) is 3.74. The average molecular weight is 310 g/mol. The van der Waals surface area contributed by atoms with Crippen molar-refractivity contribution in [3.63, 3.8) is 0 Å². The van der Waals surface area contributed by atoms with E-state index < -0.39 is 16.1 Å². The number of rotatable bonds is 5. The molecule has 1 aliphatic heterocycles. The van der Waals surface area contributed by atoms with Crippen molar-refractivity contribution in [3.05, 3.63) is 35.9 Å². The molecule has 2 rings (SSSR count). The van der Waals surface area contributed by atoms with Crippen LogP contribution in [0, 0.1) is 0 Å². The number of benzene rings is 1. The summed E-state index contributed by atoms with van der Waals surface area (Å²) in [6, 6.07) is 9.34. The number of carbonyl (C=O) groups is 1. The number of sulfonamides is 1. The molecule has 0 radical (unpaired) electrons. The summed E-state index contributed by atoms with van der Waals surface area (Å²) in [4.78, 5) is 12.2. The molecule has 21 heavy (non-hydrogen) atoms. The Morgan fingerprint density at radius 2 is 2.00 bits per heavy atom. The number of carbonyl (C=O) groups excluding carboxylic acids is 1. The Balaban J connectivity index is 1.89. The first-order valence-electron chi connectivity index (χ1n) is 7.27. The lowest BCUT2D eigenvalue weighted by atomic mass is 10.0. The van der Waals surface area contributed by atoms with Crippen LogP contribution in [-0.2, 0) is 21.2 Å². The maximum Gasteiger partial charge on any atom is 0.238 e. The van der Waals surface area contributed by atoms with Gasteiger partial charge < -0.3 is 5.32 Å². The quantitative estimate of drug-likeness (QED) is 0.887. The van der Waals surface area contributed by atoms with Crippen LogP contribution in [-0.4, -0.2) is 44.0 Å². The number of nitrogens with zero attached hydrogens (tertiary/aromatic N) is 1. The molecule has 116 valence electrons. The van der Waals surface area contributed by atoms with Crippen LogP contribution in [0.3, 0.4) is 0 Å². The van der Waals surface area contributed by atoms with E-state index in [2.05, 4.69) is 5.32 Å². The fourth-order valence-electron chi connectivity index (χ4n) is 2.66. The van der Waals surface area contributed by atoms with Crippen LogP contribution < -0.4 is 5.32 Å². The highest BCUT2D eigenvalue weighted by Crippen LogP contribution is 2.19. The SMILES string of the molecule is CS(=O)(=O)N1CCCC[C@H]1C(=O)NCCc1ccccc1. The van der Waals surface area contributed by atoms with E-state index in [-0.39, 0.29) is 5.91 Å². The molecule has 1 amide bonds. The van der Waals surface area contributed by atoms with Crippen molar-refractivity contribution in [2.24, 2.45) is 0 Å². The van der Waals surface area contributed by atoms with Crippen LogP contribution in [0.4, 0.5) is 0 Å². The second-order valence-corrected chi connectivity index (χ2v) is 7.35. The average Bonchev–Trinajstić information content (AvgIpc) is 2.47. The summed E-state index contributed by atoms with van der Waals surface area (Å²) < 4.78 is 24.8. The van der Waals surface area contributed by atoms with E-state index in [4.69, 9.17) is 0 Å². The molecule has 6 heteroatoms. The van der Waals surface area contributed by atoms with Crippen LogP contribution in [0.5, 0.6) is 0 Å². The Hall–Kier alpha value is -1.40. The van der Waals surface area contributed by atoms with Crippen molar-refractivity contribution in [1.29, 1.82) is 0 Å². The Labute approximate surface area is 126 Å². The third-order valence-corrected chi connectivity index (χ3v) is 5.03. The molecule has 0 unspecified atom stereocenters. The van der Waals surface area contributed by atoms with E-state index in [0.717, 1.165) is 24.8 Å². The predicted molar refractivity (Wildman–Crippen MR) is 82.3 cm³/mol. The van der Waals surface area contributed by atoms with Crippen LogP contribution >= 0.6 is 0 Å². The van der Waals surface area contributed by atoms with Gasteiger partial charge in [-0.15, -0.1) is 0 Å². The summed E-state index contributed by atoms with van der Waals surface area (Å²) >= 11 is 0. The fourth-order valence-corrected chi connectivity index (χ4v) is 3.78. The third kappa shape index (κ3) is 4.54. The van der Waals surface area contributed by atoms with Crippen molar-refractivity contribution in [1.82, 2.24) is 9.62 Å². The van der Waals surface area contributed by atoms with Crippen LogP contribution in [0.15, 0.2) is 30.3 Å². The van der Waals surface area contributed by atoms with Gasteiger partial charge in [0.2, 0.25) is 15.9 Å². The van der Waals surface area contributed by atoms with Gasteiger partial charge in [-0.05, 0) is 24.8 Å². The standard InChI is InChI=1S/C15H22N2O3S/c1-21(19,20)17-12-6-5-9-14(17)15(18)16-11-10-13-7-3-2-4-8-13/h2-4,7-8,14H,5-6,9-12H2,1H3,(H,16,18)/t14-/m0/s1. The zero-order valence-corrected chi connectivity index (χ0v) is 13.1. The molecule has 5 nitrogen and oxygen atoms in total. The smallest absolute Gasteiger partial charge is 0.238 e. The Morgan fingerprint density at radius 3 is 2.67 bits per heavy atom. The van der Waals surface area contributed by atoms with Crippen LogP contribution in [0.2, 0.25) is 0 Å². The monoisotopic (exact) mass is 310 g/mol. The summed E-state index contributed by atoms with van der Waals surface area (Å²) in [7, 11) is -3.32. The summed E-state index contributed by atoms with van der Waals surface area (Å²) in [6.07, 6.45) is 4.23. The zero-order valence-electron chi connectivity index (χ0n) is 12.3. The highest BCUT2D eigenvalue weighted by Gasteiger charge is 2.34. The van der Waals surface area contributed by atoms with Gasteiger partial charge in [0, 0.05) is 13.1 Å². The molecule has 0 spiro atoms. The fraction of sp³-hybridized carbons (Fsp3) is 0.533. The van der Waals surface area contributed by atoms with Gasteiger partial charge in [-0.1, -0.05) is 36.8 Å². The van der Waals surface area contributed by atoms with E-state index in [1.54, 1.807) is 0 Å². The first-order valence-corrected chi connectivity index (χ1v) is 9.12. The first-order chi connectivity index (χ1) is 9.98. The van der Waals surface area contributed by atoms with Crippen molar-refractivity contribution < 1.29 is 13.2 Å². The van der Waals surface area contributed by atoms with E-state index >= 15 is 0 Å². The molecule has 1 fully saturated rings. The van der Waals surface area contributed by atoms with Gasteiger partial charge in [0.15, 0.2) is 0 Å². The molecule has 0 aliphatic carbocycles. The van der Waals surface area contributed by atoms with Crippen molar-refractivity contribution in [2.75, 3.05) is 19.3 Å². The van der Waals surface area contributed by atoms with Gasteiger partial charge in [-0.25, -0.2) is 8.42 Å². The lowest BCUT2D eigenvalue weighted by Gasteiger charge is -2.32. The lowest BCUT2D eigenvalue weighted by Crippen LogP contribution is -2.51. The number of amides is 1. The molecule has 0 bridgehead atoms. The topological polar surface area (TPSA) is 66.5 Å². The molecule has 0 saturated carbocycles. The second kappa shape index (κ2) is 7.04. The molecule has 1 heterocycles. The van der Waals surface area contributed by atoms with E-state index in [9.17, 15) is 13.2 Å². The number of hydrogen-bond acceptors (Lipinski definition) is 3. The van der Waals surface area contributed by atoms with E-state index in [1.165, 1.54) is 10.6 Å². The molecule has 0 aromatic heterocycles. The summed E-state index contributed by atoms with van der Waals surface area (Å²) in [5.74, 6) is -0.184. The Morgan fingerprint density at radius 1 is 1.29 bits per heavy atom. The van der Waals surface area contributed by atoms with Gasteiger partial charge >= 0.3 is 0 Å². The van der Waals surface area contributed by atoms with Crippen LogP contribution in [0.25, 0.3) is 0 Å². The minimum absolute atomic E-state index is 0.184. The first kappa shape index (κ1) is 16.0. The van der Waals surface area contributed by atoms with E-state index in [0.29, 0.717) is 19.5 Å². The van der Waals surface area contributed by atoms with Gasteiger partial charge in [0.05, 0.1) is 6.26 Å². The minimum atomic E-state index is -3.32. The molecule has 1 aromatic rings. The highest BCUT2D eigenvalue weighted by atomic mass is 32.2. The van der Waals surface area contributed by atoms with Crippen molar-refractivity contribution in [2.45, 2.75) is 31.7 Å². The summed E-state index contributed by atoms with van der Waals surface area (Å²) in [6.45, 7) is 0.965. The maximum absolute atomic E-state index is 12.2. The molecular formula is C15H22N2O3S. The lowest BCUT2D eigenvalue weighted by molar-refractivity contribution is -0.125. The number of hydrogen-bond donors (Lipinski definition) is 1. The van der Waals surface area contributed by atoms with Gasteiger partial charge in [0.25, 0.3) is 0 Å². The summed E-state index contributed by atoms with van der Waals surface area (Å²) in [5, 5.41) is 2.86. The normalized spacial score (nSPS) is 20.1. The number of nitrogens with one attached hydrogen (secondary N) is 1. The second-order valence-electron chi connectivity index (χ2n) is 5.41. The molecule has 1 aromatic carbocycles. The van der Waals surface area contributed by atoms with Gasteiger partial charge in [-0.2, -0.15) is 4.31 Å².